The van der Waals surface area contributed by atoms with Gasteiger partial charge in [0, 0.05) is 12.6 Å². The first-order valence-corrected chi connectivity index (χ1v) is 8.12. The summed E-state index contributed by atoms with van der Waals surface area (Å²) in [6, 6.07) is 10.5. The average Bonchev–Trinajstić information content (AvgIpc) is 3.36. The number of carbonyl (C=O) groups excluding carboxylic acids is 1. The van der Waals surface area contributed by atoms with Crippen LogP contribution in [0.2, 0.25) is 5.02 Å². The predicted octanol–water partition coefficient (Wildman–Crippen LogP) is 4.22. The lowest BCUT2D eigenvalue weighted by molar-refractivity contribution is -0.117. The van der Waals surface area contributed by atoms with Crippen LogP contribution in [-0.4, -0.2) is 23.4 Å². The van der Waals surface area contributed by atoms with Crippen LogP contribution < -0.4 is 5.32 Å². The highest BCUT2D eigenvalue weighted by atomic mass is 35.5. The zero-order chi connectivity index (χ0) is 17.1. The molecule has 1 amide bonds. The first-order chi connectivity index (χ1) is 11.5. The molecule has 1 aliphatic carbocycles. The minimum atomic E-state index is -0.450. The number of hydrogen-bond acceptors (Lipinski definition) is 2. The molecule has 3 rings (SSSR count). The van der Waals surface area contributed by atoms with Gasteiger partial charge in [-0.2, -0.15) is 0 Å². The maximum absolute atomic E-state index is 13.0. The molecule has 1 aliphatic rings. The monoisotopic (exact) mass is 350 g/mol. The zero-order valence-corrected chi connectivity index (χ0v) is 13.7. The second-order valence-corrected chi connectivity index (χ2v) is 6.34. The van der Waals surface area contributed by atoms with E-state index in [1.54, 1.807) is 12.1 Å². The number of hydrogen-bond donors (Lipinski definition) is 1. The number of anilines is 1. The van der Waals surface area contributed by atoms with Crippen LogP contribution in [0.4, 0.5) is 14.5 Å². The lowest BCUT2D eigenvalue weighted by Gasteiger charge is -2.21. The topological polar surface area (TPSA) is 32.3 Å². The van der Waals surface area contributed by atoms with Gasteiger partial charge in [0.15, 0.2) is 0 Å². The van der Waals surface area contributed by atoms with Gasteiger partial charge in [-0.05, 0) is 48.7 Å². The van der Waals surface area contributed by atoms with E-state index in [-0.39, 0.29) is 23.3 Å². The first kappa shape index (κ1) is 16.9. The molecular formula is C18H17ClF2N2O. The third-order valence-electron chi connectivity index (χ3n) is 3.91. The quantitative estimate of drug-likeness (QED) is 0.846. The molecule has 0 atom stereocenters. The van der Waals surface area contributed by atoms with Crippen molar-refractivity contribution >= 4 is 23.2 Å². The fourth-order valence-corrected chi connectivity index (χ4v) is 2.76. The van der Waals surface area contributed by atoms with E-state index in [0.717, 1.165) is 24.5 Å². The van der Waals surface area contributed by atoms with Crippen molar-refractivity contribution in [3.05, 3.63) is 64.7 Å². The van der Waals surface area contributed by atoms with E-state index in [0.29, 0.717) is 18.3 Å². The van der Waals surface area contributed by atoms with Crippen molar-refractivity contribution in [2.75, 3.05) is 11.9 Å². The fourth-order valence-electron chi connectivity index (χ4n) is 2.54. The fraction of sp³-hybridized carbons (Fsp3) is 0.278. The van der Waals surface area contributed by atoms with Gasteiger partial charge in [-0.25, -0.2) is 8.78 Å². The van der Waals surface area contributed by atoms with Crippen LogP contribution in [0.5, 0.6) is 0 Å². The third-order valence-corrected chi connectivity index (χ3v) is 4.23. The van der Waals surface area contributed by atoms with Gasteiger partial charge < -0.3 is 5.32 Å². The van der Waals surface area contributed by atoms with Crippen molar-refractivity contribution in [1.29, 1.82) is 0 Å². The normalized spacial score (nSPS) is 14.0. The summed E-state index contributed by atoms with van der Waals surface area (Å²) in [5.41, 5.74) is 1.34. The number of nitrogens with zero attached hydrogens (tertiary/aromatic N) is 1. The number of nitrogens with one attached hydrogen (secondary N) is 1. The lowest BCUT2D eigenvalue weighted by atomic mass is 10.2. The third kappa shape index (κ3) is 4.52. The molecule has 0 aromatic heterocycles. The molecule has 0 saturated heterocycles. The second kappa shape index (κ2) is 7.28. The summed E-state index contributed by atoms with van der Waals surface area (Å²) in [7, 11) is 0. The van der Waals surface area contributed by atoms with Crippen LogP contribution in [0.25, 0.3) is 0 Å². The Balaban J connectivity index is 1.62. The van der Waals surface area contributed by atoms with Crippen molar-refractivity contribution in [3.8, 4) is 0 Å². The largest absolute Gasteiger partial charge is 0.324 e. The van der Waals surface area contributed by atoms with Crippen LogP contribution in [-0.2, 0) is 11.3 Å². The number of amides is 1. The van der Waals surface area contributed by atoms with Crippen molar-refractivity contribution in [2.45, 2.75) is 25.4 Å². The average molecular weight is 351 g/mol. The van der Waals surface area contributed by atoms with Crippen LogP contribution in [0.3, 0.4) is 0 Å². The lowest BCUT2D eigenvalue weighted by Crippen LogP contribution is -2.34. The Morgan fingerprint density at radius 3 is 2.42 bits per heavy atom. The molecule has 1 N–H and O–H groups in total. The van der Waals surface area contributed by atoms with Crippen LogP contribution in [0, 0.1) is 11.6 Å². The molecule has 3 nitrogen and oxygen atoms in total. The van der Waals surface area contributed by atoms with Crippen molar-refractivity contribution in [1.82, 2.24) is 4.90 Å². The van der Waals surface area contributed by atoms with Crippen LogP contribution in [0.1, 0.15) is 18.4 Å². The van der Waals surface area contributed by atoms with E-state index in [2.05, 4.69) is 10.2 Å². The minimum Gasteiger partial charge on any atom is -0.324 e. The van der Waals surface area contributed by atoms with E-state index in [1.807, 2.05) is 0 Å². The predicted molar refractivity (Wildman–Crippen MR) is 89.9 cm³/mol. The molecular weight excluding hydrogens is 334 g/mol. The van der Waals surface area contributed by atoms with Gasteiger partial charge >= 0.3 is 0 Å². The summed E-state index contributed by atoms with van der Waals surface area (Å²) in [5.74, 6) is -0.938. The van der Waals surface area contributed by atoms with E-state index in [4.69, 9.17) is 11.6 Å². The van der Waals surface area contributed by atoms with E-state index in [1.165, 1.54) is 24.3 Å². The van der Waals surface area contributed by atoms with Gasteiger partial charge in [-0.1, -0.05) is 23.7 Å². The summed E-state index contributed by atoms with van der Waals surface area (Å²) in [4.78, 5) is 14.3. The standard InChI is InChI=1S/C18H17ClF2N2O/c19-16-9-14(21)5-8-17(16)22-18(24)11-23(15-6-7-15)10-12-1-3-13(20)4-2-12/h1-5,8-9,15H,6-7,10-11H2,(H,22,24). The molecule has 2 aromatic carbocycles. The highest BCUT2D eigenvalue weighted by Crippen LogP contribution is 2.28. The molecule has 2 aromatic rings. The summed E-state index contributed by atoms with van der Waals surface area (Å²) >= 11 is 5.93. The molecule has 0 aliphatic heterocycles. The molecule has 0 spiro atoms. The molecule has 0 radical (unpaired) electrons. The van der Waals surface area contributed by atoms with Crippen molar-refractivity contribution in [3.63, 3.8) is 0 Å². The molecule has 0 heterocycles. The van der Waals surface area contributed by atoms with Crippen molar-refractivity contribution in [2.24, 2.45) is 0 Å². The minimum absolute atomic E-state index is 0.167. The first-order valence-electron chi connectivity index (χ1n) is 7.74. The van der Waals surface area contributed by atoms with Gasteiger partial charge in [0.2, 0.25) is 5.91 Å². The summed E-state index contributed by atoms with van der Waals surface area (Å²) in [6.45, 7) is 0.783. The van der Waals surface area contributed by atoms with Gasteiger partial charge in [0.25, 0.3) is 0 Å². The Hall–Kier alpha value is -1.98. The smallest absolute Gasteiger partial charge is 0.238 e. The van der Waals surface area contributed by atoms with Crippen molar-refractivity contribution < 1.29 is 13.6 Å². The molecule has 0 bridgehead atoms. The van der Waals surface area contributed by atoms with Gasteiger partial charge in [0.05, 0.1) is 17.3 Å². The second-order valence-electron chi connectivity index (χ2n) is 5.93. The van der Waals surface area contributed by atoms with E-state index in [9.17, 15) is 13.6 Å². The maximum atomic E-state index is 13.0. The summed E-state index contributed by atoms with van der Waals surface area (Å²) in [6.07, 6.45) is 2.09. The number of halogens is 3. The molecule has 1 saturated carbocycles. The molecule has 126 valence electrons. The summed E-state index contributed by atoms with van der Waals surface area (Å²) in [5, 5.41) is 2.87. The van der Waals surface area contributed by atoms with Gasteiger partial charge in [-0.15, -0.1) is 0 Å². The Bertz CT molecular complexity index is 732. The van der Waals surface area contributed by atoms with Crippen LogP contribution in [0.15, 0.2) is 42.5 Å². The Morgan fingerprint density at radius 1 is 1.12 bits per heavy atom. The Morgan fingerprint density at radius 2 is 1.79 bits per heavy atom. The number of benzene rings is 2. The Kier molecular flexibility index (Phi) is 5.11. The molecule has 24 heavy (non-hydrogen) atoms. The molecule has 1 fully saturated rings. The number of rotatable bonds is 6. The van der Waals surface area contributed by atoms with Gasteiger partial charge in [-0.3, -0.25) is 9.69 Å². The highest BCUT2D eigenvalue weighted by Gasteiger charge is 2.30. The molecule has 6 heteroatoms. The SMILES string of the molecule is O=C(CN(Cc1ccc(F)cc1)C1CC1)Nc1ccc(F)cc1Cl. The zero-order valence-electron chi connectivity index (χ0n) is 12.9. The Labute approximate surface area is 144 Å². The van der Waals surface area contributed by atoms with E-state index >= 15 is 0 Å². The number of carbonyl (C=O) groups is 1. The van der Waals surface area contributed by atoms with Gasteiger partial charge in [0.1, 0.15) is 11.6 Å². The van der Waals surface area contributed by atoms with E-state index < -0.39 is 5.82 Å². The van der Waals surface area contributed by atoms with Crippen LogP contribution >= 0.6 is 11.6 Å². The molecule has 0 unspecified atom stereocenters. The highest BCUT2D eigenvalue weighted by molar-refractivity contribution is 6.33. The summed E-state index contributed by atoms with van der Waals surface area (Å²) < 4.78 is 26.0. The maximum Gasteiger partial charge on any atom is 0.238 e.